The Morgan fingerprint density at radius 1 is 1.06 bits per heavy atom. The summed E-state index contributed by atoms with van der Waals surface area (Å²) in [5.41, 5.74) is 1.23. The summed E-state index contributed by atoms with van der Waals surface area (Å²) in [5, 5.41) is 9.39. The predicted molar refractivity (Wildman–Crippen MR) is 125 cm³/mol. The van der Waals surface area contributed by atoms with Crippen molar-refractivity contribution in [2.75, 3.05) is 16.0 Å². The van der Waals surface area contributed by atoms with E-state index in [1.165, 1.54) is 6.07 Å². The summed E-state index contributed by atoms with van der Waals surface area (Å²) in [6.07, 6.45) is -0.195. The van der Waals surface area contributed by atoms with Gasteiger partial charge in [-0.3, -0.25) is 19.4 Å². The Morgan fingerprint density at radius 3 is 2.53 bits per heavy atom. The molecule has 0 spiro atoms. The van der Waals surface area contributed by atoms with Crippen molar-refractivity contribution in [3.63, 3.8) is 0 Å². The van der Waals surface area contributed by atoms with Gasteiger partial charge in [-0.25, -0.2) is 0 Å². The van der Waals surface area contributed by atoms with Crippen molar-refractivity contribution < 1.29 is 9.59 Å². The first kappa shape index (κ1) is 22.1. The maximum atomic E-state index is 13.0. The van der Waals surface area contributed by atoms with Gasteiger partial charge >= 0.3 is 0 Å². The second-order valence-electron chi connectivity index (χ2n) is 7.18. The second-order valence-corrected chi connectivity index (χ2v) is 8.46. The zero-order valence-electron chi connectivity index (χ0n) is 16.6. The zero-order valence-corrected chi connectivity index (χ0v) is 18.8. The summed E-state index contributed by atoms with van der Waals surface area (Å²) in [6, 6.07) is 9.82. The largest absolute Gasteiger partial charge is 0.325 e. The molecule has 2 heterocycles. The Balaban J connectivity index is 1.66. The molecule has 8 nitrogen and oxygen atoms in total. The number of H-pyrrole nitrogens is 1. The Bertz CT molecular complexity index is 1310. The van der Waals surface area contributed by atoms with Gasteiger partial charge in [-0.1, -0.05) is 40.9 Å². The fraction of sp³-hybridized carbons (Fsp3) is 0.143. The van der Waals surface area contributed by atoms with Crippen molar-refractivity contribution in [2.24, 2.45) is 0 Å². The molecule has 4 N–H and O–H groups in total. The van der Waals surface area contributed by atoms with Crippen LogP contribution in [0.4, 0.5) is 23.1 Å². The van der Waals surface area contributed by atoms with Crippen molar-refractivity contribution in [3.05, 3.63) is 72.9 Å². The molecule has 2 aromatic carbocycles. The number of halogens is 3. The number of hydrogen-bond acceptors (Lipinski definition) is 5. The number of aromatic nitrogens is 2. The molecule has 0 fully saturated rings. The lowest BCUT2D eigenvalue weighted by Gasteiger charge is -2.24. The number of benzene rings is 2. The van der Waals surface area contributed by atoms with Crippen molar-refractivity contribution in [3.8, 4) is 0 Å². The van der Waals surface area contributed by atoms with Gasteiger partial charge in [0.15, 0.2) is 0 Å². The van der Waals surface area contributed by atoms with Gasteiger partial charge in [-0.15, -0.1) is 0 Å². The fourth-order valence-corrected chi connectivity index (χ4v) is 3.95. The predicted octanol–water partition coefficient (Wildman–Crippen LogP) is 4.85. The van der Waals surface area contributed by atoms with Gasteiger partial charge in [0.2, 0.25) is 17.8 Å². The Kier molecular flexibility index (Phi) is 6.10. The summed E-state index contributed by atoms with van der Waals surface area (Å²) in [7, 11) is 0. The molecule has 4 rings (SSSR count). The van der Waals surface area contributed by atoms with Gasteiger partial charge in [0.05, 0.1) is 22.2 Å². The third-order valence-electron chi connectivity index (χ3n) is 4.91. The van der Waals surface area contributed by atoms with Crippen LogP contribution in [0.1, 0.15) is 23.5 Å². The number of carbonyl (C=O) groups is 2. The molecule has 0 aliphatic carbocycles. The normalized spacial score (nSPS) is 15.0. The van der Waals surface area contributed by atoms with E-state index >= 15 is 0 Å². The molecule has 2 amide bonds. The monoisotopic (exact) mass is 491 g/mol. The van der Waals surface area contributed by atoms with Crippen LogP contribution in [0.25, 0.3) is 0 Å². The van der Waals surface area contributed by atoms with Crippen molar-refractivity contribution in [2.45, 2.75) is 19.3 Å². The molecule has 1 aliphatic heterocycles. The quantitative estimate of drug-likeness (QED) is 0.416. The average Bonchev–Trinajstić information content (AvgIpc) is 2.72. The van der Waals surface area contributed by atoms with Crippen molar-refractivity contribution in [1.29, 1.82) is 0 Å². The summed E-state index contributed by atoms with van der Waals surface area (Å²) < 4.78 is 0. The molecular weight excluding hydrogens is 477 g/mol. The number of aryl methyl sites for hydroxylation is 1. The van der Waals surface area contributed by atoms with Gasteiger partial charge in [-0.05, 0) is 42.8 Å². The van der Waals surface area contributed by atoms with Crippen LogP contribution in [0, 0.1) is 6.92 Å². The number of carbonyl (C=O) groups excluding carboxylic acids is 2. The third kappa shape index (κ3) is 4.57. The molecule has 0 radical (unpaired) electrons. The highest BCUT2D eigenvalue weighted by atomic mass is 35.5. The molecule has 1 atom stereocenters. The van der Waals surface area contributed by atoms with E-state index in [9.17, 15) is 14.4 Å². The van der Waals surface area contributed by atoms with Gasteiger partial charge in [0.1, 0.15) is 5.82 Å². The number of anilines is 4. The van der Waals surface area contributed by atoms with E-state index in [1.54, 1.807) is 30.3 Å². The summed E-state index contributed by atoms with van der Waals surface area (Å²) in [5.74, 6) is -1.93. The highest BCUT2D eigenvalue weighted by Gasteiger charge is 2.35. The number of amides is 2. The molecule has 1 aromatic heterocycles. The zero-order chi connectivity index (χ0) is 23.0. The van der Waals surface area contributed by atoms with E-state index in [2.05, 4.69) is 25.9 Å². The second kappa shape index (κ2) is 8.82. The van der Waals surface area contributed by atoms with Crippen LogP contribution in [0.15, 0.2) is 41.2 Å². The average molecular weight is 493 g/mol. The van der Waals surface area contributed by atoms with Crippen LogP contribution in [0.5, 0.6) is 0 Å². The lowest BCUT2D eigenvalue weighted by molar-refractivity contribution is -0.123. The molecule has 164 valence electrons. The van der Waals surface area contributed by atoms with Crippen LogP contribution in [0.3, 0.4) is 0 Å². The third-order valence-corrected chi connectivity index (χ3v) is 5.69. The minimum Gasteiger partial charge on any atom is -0.325 e. The van der Waals surface area contributed by atoms with E-state index in [4.69, 9.17) is 34.8 Å². The Hall–Kier alpha value is -3.07. The van der Waals surface area contributed by atoms with Crippen molar-refractivity contribution in [1.82, 2.24) is 9.97 Å². The summed E-state index contributed by atoms with van der Waals surface area (Å²) in [6.45, 7) is 1.81. The SMILES string of the molecule is Cc1ccc(Cl)cc1NC(=O)[C@H]1CC(=O)Nc2nc(Nc3ccc(Cl)cc3Cl)[nH]c(=O)c21. The number of rotatable bonds is 4. The molecule has 32 heavy (non-hydrogen) atoms. The van der Waals surface area contributed by atoms with E-state index < -0.39 is 23.3 Å². The van der Waals surface area contributed by atoms with Crippen LogP contribution in [0.2, 0.25) is 15.1 Å². The van der Waals surface area contributed by atoms with E-state index in [0.29, 0.717) is 26.4 Å². The maximum absolute atomic E-state index is 13.0. The van der Waals surface area contributed by atoms with Crippen LogP contribution >= 0.6 is 34.8 Å². The van der Waals surface area contributed by atoms with Gasteiger partial charge in [0.25, 0.3) is 5.56 Å². The van der Waals surface area contributed by atoms with Crippen LogP contribution < -0.4 is 21.5 Å². The van der Waals surface area contributed by atoms with Gasteiger partial charge in [-0.2, -0.15) is 4.98 Å². The van der Waals surface area contributed by atoms with E-state index in [1.807, 2.05) is 6.92 Å². The molecule has 0 unspecified atom stereocenters. The lowest BCUT2D eigenvalue weighted by Crippen LogP contribution is -2.36. The Morgan fingerprint density at radius 2 is 1.78 bits per heavy atom. The molecule has 0 bridgehead atoms. The molecular formula is C21H16Cl3N5O3. The topological polar surface area (TPSA) is 116 Å². The summed E-state index contributed by atoms with van der Waals surface area (Å²) >= 11 is 18.1. The molecule has 0 saturated carbocycles. The number of fused-ring (bicyclic) bond motifs is 1. The maximum Gasteiger partial charge on any atom is 0.258 e. The number of nitrogens with zero attached hydrogens (tertiary/aromatic N) is 1. The van der Waals surface area contributed by atoms with E-state index in [0.717, 1.165) is 5.56 Å². The van der Waals surface area contributed by atoms with Gasteiger partial charge in [0, 0.05) is 22.2 Å². The first-order valence-corrected chi connectivity index (χ1v) is 10.6. The minimum absolute atomic E-state index is 0.000511. The highest BCUT2D eigenvalue weighted by Crippen LogP contribution is 2.32. The first-order valence-electron chi connectivity index (χ1n) is 9.44. The molecule has 1 aliphatic rings. The number of nitrogens with one attached hydrogen (secondary N) is 4. The van der Waals surface area contributed by atoms with Gasteiger partial charge < -0.3 is 16.0 Å². The molecule has 0 saturated heterocycles. The first-order chi connectivity index (χ1) is 15.2. The highest BCUT2D eigenvalue weighted by molar-refractivity contribution is 6.36. The molecule has 11 heteroatoms. The lowest BCUT2D eigenvalue weighted by atomic mass is 9.92. The van der Waals surface area contributed by atoms with Crippen molar-refractivity contribution >= 4 is 69.8 Å². The minimum atomic E-state index is -1.03. The smallest absolute Gasteiger partial charge is 0.258 e. The standard InChI is InChI=1S/C21H16Cl3N5O3/c1-9-2-3-11(23)7-15(9)25-19(31)12-8-16(30)27-18-17(12)20(32)29-21(28-18)26-14-5-4-10(22)6-13(14)24/h2-7,12H,8H2,1H3,(H,25,31)(H3,26,27,28,29,30,32)/t12-/m0/s1. The van der Waals surface area contributed by atoms with Crippen LogP contribution in [-0.2, 0) is 9.59 Å². The molecule has 3 aromatic rings. The Labute approximate surface area is 197 Å². The van der Waals surface area contributed by atoms with E-state index in [-0.39, 0.29) is 23.8 Å². The number of aromatic amines is 1. The summed E-state index contributed by atoms with van der Waals surface area (Å²) in [4.78, 5) is 45.0. The number of hydrogen-bond donors (Lipinski definition) is 4. The fourth-order valence-electron chi connectivity index (χ4n) is 3.32. The van der Waals surface area contributed by atoms with Crippen LogP contribution in [-0.4, -0.2) is 21.8 Å².